The molecule has 9 rings (SSSR count). The third-order valence-electron chi connectivity index (χ3n) is 12.3. The average Bonchev–Trinajstić information content (AvgIpc) is 3.80. The maximum absolute atomic E-state index is 15.7. The van der Waals surface area contributed by atoms with Gasteiger partial charge in [-0.25, -0.2) is 9.59 Å². The van der Waals surface area contributed by atoms with E-state index in [9.17, 15) is 19.5 Å². The van der Waals surface area contributed by atoms with Gasteiger partial charge in [0.15, 0.2) is 0 Å². The molecule has 2 N–H and O–H groups in total. The molecule has 8 aromatic carbocycles. The van der Waals surface area contributed by atoms with Crippen molar-refractivity contribution in [2.45, 2.75) is 64.1 Å². The van der Waals surface area contributed by atoms with E-state index in [0.29, 0.717) is 17.9 Å². The lowest BCUT2D eigenvalue weighted by atomic mass is 9.94. The van der Waals surface area contributed by atoms with Gasteiger partial charge in [-0.2, -0.15) is 0 Å². The Morgan fingerprint density at radius 3 is 1.41 bits per heavy atom. The molecular weight excluding hydrogens is 935 g/mol. The SMILES string of the molecule is O=C(N[C@@H]1CC(O)C[C@H]1OC(=O)c1cc(OCc2ccccc2)c(C(=O)c2c(OCc3ccccc3)cccc2C(=O)OCc2ccccc2)c(OCc2ccccc2)c1)c1ccc(OCc2ccccc2)cc1. The number of aliphatic hydroxyl groups excluding tert-OH is 1. The number of amides is 1. The van der Waals surface area contributed by atoms with Crippen LogP contribution in [-0.4, -0.2) is 47.0 Å². The fourth-order valence-electron chi connectivity index (χ4n) is 8.50. The van der Waals surface area contributed by atoms with Gasteiger partial charge >= 0.3 is 11.9 Å². The molecule has 0 radical (unpaired) electrons. The number of nitrogens with one attached hydrogen (secondary N) is 1. The molecule has 1 aliphatic rings. The van der Waals surface area contributed by atoms with Gasteiger partial charge in [0.2, 0.25) is 5.78 Å². The molecule has 0 aromatic heterocycles. The van der Waals surface area contributed by atoms with E-state index in [-0.39, 0.29) is 78.8 Å². The summed E-state index contributed by atoms with van der Waals surface area (Å²) in [5.74, 6) is -2.14. The number of hydrogen-bond donors (Lipinski definition) is 2. The Kier molecular flexibility index (Phi) is 16.5. The number of esters is 2. The van der Waals surface area contributed by atoms with Crippen molar-refractivity contribution in [3.8, 4) is 23.0 Å². The summed E-state index contributed by atoms with van der Waals surface area (Å²) >= 11 is 0. The van der Waals surface area contributed by atoms with Crippen LogP contribution in [0.1, 0.15) is 87.7 Å². The molecule has 372 valence electrons. The molecule has 1 saturated carbocycles. The Morgan fingerprint density at radius 2 is 0.905 bits per heavy atom. The van der Waals surface area contributed by atoms with Crippen molar-refractivity contribution in [2.24, 2.45) is 0 Å². The van der Waals surface area contributed by atoms with Crippen molar-refractivity contribution < 1.29 is 52.7 Å². The van der Waals surface area contributed by atoms with Crippen LogP contribution in [0.5, 0.6) is 23.0 Å². The van der Waals surface area contributed by atoms with Crippen LogP contribution in [0, 0.1) is 0 Å². The number of benzene rings is 8. The van der Waals surface area contributed by atoms with Gasteiger partial charge in [-0.3, -0.25) is 9.59 Å². The second kappa shape index (κ2) is 24.4. The van der Waals surface area contributed by atoms with Gasteiger partial charge in [0, 0.05) is 12.0 Å². The highest BCUT2D eigenvalue weighted by Gasteiger charge is 2.38. The molecule has 0 saturated heterocycles. The van der Waals surface area contributed by atoms with Crippen LogP contribution in [-0.2, 0) is 42.5 Å². The second-order valence-corrected chi connectivity index (χ2v) is 17.7. The van der Waals surface area contributed by atoms with Crippen molar-refractivity contribution in [1.29, 1.82) is 0 Å². The molecule has 0 heterocycles. The van der Waals surface area contributed by atoms with Gasteiger partial charge < -0.3 is 38.8 Å². The Labute approximate surface area is 429 Å². The van der Waals surface area contributed by atoms with Crippen molar-refractivity contribution in [1.82, 2.24) is 5.32 Å². The summed E-state index contributed by atoms with van der Waals surface area (Å²) < 4.78 is 37.2. The molecule has 3 atom stereocenters. The largest absolute Gasteiger partial charge is 0.489 e. The molecule has 8 aromatic rings. The molecule has 12 nitrogen and oxygen atoms in total. The van der Waals surface area contributed by atoms with E-state index < -0.39 is 41.9 Å². The minimum absolute atomic E-state index is 0.0288. The highest BCUT2D eigenvalue weighted by atomic mass is 16.5. The first-order chi connectivity index (χ1) is 36.2. The summed E-state index contributed by atoms with van der Waals surface area (Å²) in [5.41, 5.74) is 4.12. The summed E-state index contributed by atoms with van der Waals surface area (Å²) in [6, 6.07) is 60.3. The van der Waals surface area contributed by atoms with Crippen molar-refractivity contribution >= 4 is 23.6 Å². The lowest BCUT2D eigenvalue weighted by Crippen LogP contribution is -2.42. The van der Waals surface area contributed by atoms with Crippen LogP contribution < -0.4 is 24.3 Å². The van der Waals surface area contributed by atoms with Crippen LogP contribution in [0.15, 0.2) is 206 Å². The van der Waals surface area contributed by atoms with Crippen LogP contribution in [0.3, 0.4) is 0 Å². The fourth-order valence-corrected chi connectivity index (χ4v) is 8.50. The van der Waals surface area contributed by atoms with Gasteiger partial charge in [-0.15, -0.1) is 0 Å². The Balaban J connectivity index is 1.05. The second-order valence-electron chi connectivity index (χ2n) is 17.7. The fraction of sp³-hybridized carbons (Fsp3) is 0.161. The Morgan fingerprint density at radius 1 is 0.446 bits per heavy atom. The van der Waals surface area contributed by atoms with Gasteiger partial charge in [-0.05, 0) is 82.8 Å². The molecule has 1 amide bonds. The number of carbonyl (C=O) groups is 4. The summed E-state index contributed by atoms with van der Waals surface area (Å²) in [4.78, 5) is 58.0. The highest BCUT2D eigenvalue weighted by Crippen LogP contribution is 2.39. The molecule has 1 unspecified atom stereocenters. The number of rotatable bonds is 21. The first-order valence-corrected chi connectivity index (χ1v) is 24.3. The third-order valence-corrected chi connectivity index (χ3v) is 12.3. The molecule has 0 spiro atoms. The first kappa shape index (κ1) is 50.0. The maximum Gasteiger partial charge on any atom is 0.339 e. The molecule has 1 aliphatic carbocycles. The molecule has 0 bridgehead atoms. The van der Waals surface area contributed by atoms with E-state index in [1.54, 1.807) is 36.4 Å². The zero-order valence-electron chi connectivity index (χ0n) is 40.3. The Bertz CT molecular complexity index is 3090. The minimum Gasteiger partial charge on any atom is -0.489 e. The van der Waals surface area contributed by atoms with Gasteiger partial charge in [0.1, 0.15) is 67.7 Å². The van der Waals surface area contributed by atoms with Gasteiger partial charge in [0.05, 0.1) is 28.8 Å². The van der Waals surface area contributed by atoms with E-state index in [0.717, 1.165) is 27.8 Å². The van der Waals surface area contributed by atoms with Crippen molar-refractivity contribution in [3.63, 3.8) is 0 Å². The predicted molar refractivity (Wildman–Crippen MR) is 277 cm³/mol. The van der Waals surface area contributed by atoms with Crippen LogP contribution in [0.2, 0.25) is 0 Å². The van der Waals surface area contributed by atoms with E-state index in [4.69, 9.17) is 28.4 Å². The zero-order valence-corrected chi connectivity index (χ0v) is 40.3. The molecule has 0 aliphatic heterocycles. The number of aliphatic hydroxyl groups is 1. The lowest BCUT2D eigenvalue weighted by molar-refractivity contribution is 0.0227. The maximum atomic E-state index is 15.7. The Hall–Kier alpha value is -9.00. The van der Waals surface area contributed by atoms with E-state index in [1.807, 2.05) is 152 Å². The number of ether oxygens (including phenoxy) is 6. The molecule has 12 heteroatoms. The van der Waals surface area contributed by atoms with Gasteiger partial charge in [-0.1, -0.05) is 158 Å². The quantitative estimate of drug-likeness (QED) is 0.0522. The standard InChI is InChI=1S/C62H53NO11/c64-49-35-52(63-60(66)47-29-31-50(32-30-47)69-37-42-17-6-1-7-18-42)54(36-49)74-61(67)48-33-55(71-39-44-21-10-3-11-22-44)58(56(34-48)72-40-45-23-12-4-13-24-45)59(65)57-51(62(68)73-41-46-25-14-5-15-26-46)27-16-28-53(57)70-38-43-19-8-2-9-20-43/h1-34,49,52,54,64H,35-41H2,(H,63,66)/t49?,52-,54-/m1/s1. The third kappa shape index (κ3) is 13.1. The van der Waals surface area contributed by atoms with Crippen LogP contribution in [0.25, 0.3) is 0 Å². The number of hydrogen-bond acceptors (Lipinski definition) is 11. The molecular formula is C62H53NO11. The predicted octanol–water partition coefficient (Wildman–Crippen LogP) is 11.1. The monoisotopic (exact) mass is 987 g/mol. The highest BCUT2D eigenvalue weighted by molar-refractivity contribution is 6.19. The summed E-state index contributed by atoms with van der Waals surface area (Å²) in [7, 11) is 0. The summed E-state index contributed by atoms with van der Waals surface area (Å²) in [6.45, 7) is 0.316. The smallest absolute Gasteiger partial charge is 0.339 e. The van der Waals surface area contributed by atoms with E-state index in [2.05, 4.69) is 5.32 Å². The minimum atomic E-state index is -0.934. The van der Waals surface area contributed by atoms with Crippen molar-refractivity contribution in [3.05, 3.63) is 262 Å². The first-order valence-electron chi connectivity index (χ1n) is 24.3. The van der Waals surface area contributed by atoms with Gasteiger partial charge in [0.25, 0.3) is 5.91 Å². The number of carbonyl (C=O) groups excluding carboxylic acids is 4. The van der Waals surface area contributed by atoms with Crippen molar-refractivity contribution in [2.75, 3.05) is 0 Å². The topological polar surface area (TPSA) is 156 Å². The summed E-state index contributed by atoms with van der Waals surface area (Å²) in [6.07, 6.45) is -1.62. The summed E-state index contributed by atoms with van der Waals surface area (Å²) in [5, 5.41) is 13.8. The molecule has 74 heavy (non-hydrogen) atoms. The van der Waals surface area contributed by atoms with E-state index >= 15 is 4.79 Å². The lowest BCUT2D eigenvalue weighted by Gasteiger charge is -2.23. The molecule has 1 fully saturated rings. The zero-order chi connectivity index (χ0) is 51.1. The van der Waals surface area contributed by atoms with Crippen LogP contribution in [0.4, 0.5) is 0 Å². The van der Waals surface area contributed by atoms with Crippen LogP contribution >= 0.6 is 0 Å². The average molecular weight is 988 g/mol. The number of ketones is 1. The van der Waals surface area contributed by atoms with E-state index in [1.165, 1.54) is 18.2 Å². The normalized spacial score (nSPS) is 14.8.